The van der Waals surface area contributed by atoms with Crippen molar-refractivity contribution in [2.45, 2.75) is 6.04 Å². The Morgan fingerprint density at radius 2 is 2.35 bits per heavy atom. The molecule has 20 heavy (non-hydrogen) atoms. The fourth-order valence-corrected chi connectivity index (χ4v) is 3.58. The van der Waals surface area contributed by atoms with Crippen LogP contribution in [0.2, 0.25) is 0 Å². The molecule has 3 rings (SSSR count). The Balaban J connectivity index is 1.87. The SMILES string of the molecule is CN1CCSCC1c1noc(-c2ccc(Br)c(N)c2)n1. The minimum atomic E-state index is 0.221. The molecule has 7 heteroatoms. The van der Waals surface area contributed by atoms with Crippen molar-refractivity contribution in [2.24, 2.45) is 0 Å². The zero-order chi connectivity index (χ0) is 14.1. The van der Waals surface area contributed by atoms with Gasteiger partial charge in [0, 0.05) is 33.8 Å². The number of aromatic nitrogens is 2. The lowest BCUT2D eigenvalue weighted by Gasteiger charge is -2.29. The summed E-state index contributed by atoms with van der Waals surface area (Å²) in [6.45, 7) is 1.05. The summed E-state index contributed by atoms with van der Waals surface area (Å²) in [6.07, 6.45) is 0. The number of anilines is 1. The number of halogens is 1. The normalized spacial score (nSPS) is 20.2. The smallest absolute Gasteiger partial charge is 0.258 e. The number of nitrogens with two attached hydrogens (primary N) is 1. The monoisotopic (exact) mass is 354 g/mol. The zero-order valence-corrected chi connectivity index (χ0v) is 13.4. The standard InChI is InChI=1S/C13H15BrN4OS/c1-18-4-5-20-7-11(18)12-16-13(19-17-12)8-2-3-9(14)10(15)6-8/h2-3,6,11H,4-5,7,15H2,1H3. The van der Waals surface area contributed by atoms with E-state index in [0.29, 0.717) is 11.6 Å². The Hall–Kier alpha value is -1.05. The lowest BCUT2D eigenvalue weighted by molar-refractivity contribution is 0.257. The van der Waals surface area contributed by atoms with Gasteiger partial charge in [-0.05, 0) is 41.2 Å². The molecule has 106 valence electrons. The van der Waals surface area contributed by atoms with Gasteiger partial charge in [0.25, 0.3) is 5.89 Å². The Morgan fingerprint density at radius 1 is 1.50 bits per heavy atom. The summed E-state index contributed by atoms with van der Waals surface area (Å²) < 4.78 is 6.24. The molecule has 0 spiro atoms. The van der Waals surface area contributed by atoms with Gasteiger partial charge in [-0.3, -0.25) is 4.90 Å². The van der Waals surface area contributed by atoms with E-state index in [2.05, 4.69) is 38.0 Å². The number of hydrogen-bond donors (Lipinski definition) is 1. The molecule has 1 aliphatic heterocycles. The van der Waals surface area contributed by atoms with E-state index >= 15 is 0 Å². The first kappa shape index (κ1) is 13.9. The van der Waals surface area contributed by atoms with Crippen molar-refractivity contribution in [3.63, 3.8) is 0 Å². The molecule has 0 bridgehead atoms. The van der Waals surface area contributed by atoms with Gasteiger partial charge in [-0.2, -0.15) is 16.7 Å². The van der Waals surface area contributed by atoms with Crippen LogP contribution in [0.25, 0.3) is 11.5 Å². The second-order valence-electron chi connectivity index (χ2n) is 4.77. The van der Waals surface area contributed by atoms with Crippen molar-refractivity contribution >= 4 is 33.4 Å². The molecule has 2 N–H and O–H groups in total. The fraction of sp³-hybridized carbons (Fsp3) is 0.385. The largest absolute Gasteiger partial charge is 0.398 e. The molecule has 0 saturated carbocycles. The molecule has 1 saturated heterocycles. The molecule has 1 fully saturated rings. The van der Waals surface area contributed by atoms with Crippen molar-refractivity contribution < 1.29 is 4.52 Å². The predicted molar refractivity (Wildman–Crippen MR) is 84.5 cm³/mol. The number of nitrogens with zero attached hydrogens (tertiary/aromatic N) is 3. The van der Waals surface area contributed by atoms with E-state index in [1.807, 2.05) is 30.0 Å². The van der Waals surface area contributed by atoms with Crippen LogP contribution in [0.4, 0.5) is 5.69 Å². The number of hydrogen-bond acceptors (Lipinski definition) is 6. The zero-order valence-electron chi connectivity index (χ0n) is 11.0. The molecule has 1 atom stereocenters. The highest BCUT2D eigenvalue weighted by molar-refractivity contribution is 9.10. The third kappa shape index (κ3) is 2.70. The first-order chi connectivity index (χ1) is 9.65. The van der Waals surface area contributed by atoms with Crippen LogP contribution in [-0.2, 0) is 0 Å². The summed E-state index contributed by atoms with van der Waals surface area (Å²) in [5, 5.41) is 4.13. The van der Waals surface area contributed by atoms with Crippen LogP contribution >= 0.6 is 27.7 Å². The highest BCUT2D eigenvalue weighted by Gasteiger charge is 2.26. The Kier molecular flexibility index (Phi) is 4.00. The van der Waals surface area contributed by atoms with E-state index in [0.717, 1.165) is 33.9 Å². The molecule has 1 aliphatic rings. The quantitative estimate of drug-likeness (QED) is 0.836. The minimum absolute atomic E-state index is 0.221. The second-order valence-corrected chi connectivity index (χ2v) is 6.77. The molecular formula is C13H15BrN4OS. The summed E-state index contributed by atoms with van der Waals surface area (Å²) in [6, 6.07) is 5.86. The molecule has 1 unspecified atom stereocenters. The van der Waals surface area contributed by atoms with Crippen LogP contribution in [0, 0.1) is 0 Å². The van der Waals surface area contributed by atoms with Crippen molar-refractivity contribution in [1.29, 1.82) is 0 Å². The third-order valence-corrected chi connectivity index (χ3v) is 5.12. The topological polar surface area (TPSA) is 68.2 Å². The van der Waals surface area contributed by atoms with Gasteiger partial charge in [-0.25, -0.2) is 0 Å². The van der Waals surface area contributed by atoms with Gasteiger partial charge < -0.3 is 10.3 Å². The molecule has 0 radical (unpaired) electrons. The van der Waals surface area contributed by atoms with Gasteiger partial charge in [-0.15, -0.1) is 0 Å². The van der Waals surface area contributed by atoms with Gasteiger partial charge in [-0.1, -0.05) is 5.16 Å². The number of nitrogen functional groups attached to an aromatic ring is 1. The van der Waals surface area contributed by atoms with Crippen molar-refractivity contribution in [3.8, 4) is 11.5 Å². The lowest BCUT2D eigenvalue weighted by Crippen LogP contribution is -2.33. The van der Waals surface area contributed by atoms with E-state index in [1.165, 1.54) is 0 Å². The van der Waals surface area contributed by atoms with Crippen LogP contribution in [0.1, 0.15) is 11.9 Å². The van der Waals surface area contributed by atoms with Crippen molar-refractivity contribution in [3.05, 3.63) is 28.5 Å². The van der Waals surface area contributed by atoms with E-state index in [1.54, 1.807) is 0 Å². The molecule has 0 amide bonds. The van der Waals surface area contributed by atoms with E-state index in [-0.39, 0.29) is 6.04 Å². The highest BCUT2D eigenvalue weighted by Crippen LogP contribution is 2.30. The molecule has 0 aliphatic carbocycles. The van der Waals surface area contributed by atoms with Gasteiger partial charge in [0.2, 0.25) is 0 Å². The van der Waals surface area contributed by atoms with E-state index < -0.39 is 0 Å². The van der Waals surface area contributed by atoms with Gasteiger partial charge in [0.15, 0.2) is 5.82 Å². The minimum Gasteiger partial charge on any atom is -0.398 e. The van der Waals surface area contributed by atoms with Crippen LogP contribution < -0.4 is 5.73 Å². The van der Waals surface area contributed by atoms with Crippen molar-refractivity contribution in [1.82, 2.24) is 15.0 Å². The summed E-state index contributed by atoms with van der Waals surface area (Å²) in [7, 11) is 2.10. The maximum Gasteiger partial charge on any atom is 0.258 e. The Bertz CT molecular complexity index is 618. The number of benzene rings is 1. The van der Waals surface area contributed by atoms with Crippen molar-refractivity contribution in [2.75, 3.05) is 30.8 Å². The Morgan fingerprint density at radius 3 is 3.10 bits per heavy atom. The van der Waals surface area contributed by atoms with Crippen LogP contribution in [0.15, 0.2) is 27.2 Å². The third-order valence-electron chi connectivity index (χ3n) is 3.38. The van der Waals surface area contributed by atoms with Gasteiger partial charge in [0.05, 0.1) is 6.04 Å². The van der Waals surface area contributed by atoms with Crippen LogP contribution in [-0.4, -0.2) is 40.1 Å². The first-order valence-corrected chi connectivity index (χ1v) is 8.27. The van der Waals surface area contributed by atoms with Crippen LogP contribution in [0.3, 0.4) is 0 Å². The van der Waals surface area contributed by atoms with E-state index in [4.69, 9.17) is 10.3 Å². The fourth-order valence-electron chi connectivity index (χ4n) is 2.12. The maximum atomic E-state index is 5.88. The maximum absolute atomic E-state index is 5.88. The molecule has 1 aromatic carbocycles. The summed E-state index contributed by atoms with van der Waals surface area (Å²) in [4.78, 5) is 6.79. The first-order valence-electron chi connectivity index (χ1n) is 6.32. The average Bonchev–Trinajstić information content (AvgIpc) is 2.92. The van der Waals surface area contributed by atoms with Crippen LogP contribution in [0.5, 0.6) is 0 Å². The molecule has 2 heterocycles. The van der Waals surface area contributed by atoms with E-state index in [9.17, 15) is 0 Å². The van der Waals surface area contributed by atoms with Gasteiger partial charge in [0.1, 0.15) is 0 Å². The lowest BCUT2D eigenvalue weighted by atomic mass is 10.2. The highest BCUT2D eigenvalue weighted by atomic mass is 79.9. The summed E-state index contributed by atoms with van der Waals surface area (Å²) in [5.41, 5.74) is 7.38. The molecule has 5 nitrogen and oxygen atoms in total. The predicted octanol–water partition coefficient (Wildman–Crippen LogP) is 2.80. The Labute approximate surface area is 130 Å². The summed E-state index contributed by atoms with van der Waals surface area (Å²) in [5.74, 6) is 3.41. The molecule has 1 aromatic heterocycles. The average molecular weight is 355 g/mol. The summed E-state index contributed by atoms with van der Waals surface area (Å²) >= 11 is 5.30. The van der Waals surface area contributed by atoms with Gasteiger partial charge >= 0.3 is 0 Å². The molecular weight excluding hydrogens is 340 g/mol. The number of rotatable bonds is 2. The number of thioether (sulfide) groups is 1. The molecule has 2 aromatic rings. The second kappa shape index (κ2) is 5.75.